The highest BCUT2D eigenvalue weighted by atomic mass is 16.5. The van der Waals surface area contributed by atoms with E-state index in [1.807, 2.05) is 13.0 Å². The maximum absolute atomic E-state index is 5.48. The van der Waals surface area contributed by atoms with Crippen LogP contribution in [-0.4, -0.2) is 13.2 Å². The third-order valence-electron chi connectivity index (χ3n) is 2.67. The number of ether oxygens (including phenoxy) is 1. The van der Waals surface area contributed by atoms with Gasteiger partial charge in [0.25, 0.3) is 0 Å². The summed E-state index contributed by atoms with van der Waals surface area (Å²) >= 11 is 0. The smallest absolute Gasteiger partial charge is 0.119 e. The maximum atomic E-state index is 5.48. The largest absolute Gasteiger partial charge is 0.494 e. The van der Waals surface area contributed by atoms with Gasteiger partial charge in [0.05, 0.1) is 6.61 Å². The molecule has 0 unspecified atom stereocenters. The monoisotopic (exact) mass is 235 g/mol. The fraction of sp³-hybridized carbons (Fsp3) is 0.600. The third-order valence-corrected chi connectivity index (χ3v) is 2.67. The number of hydrogen-bond acceptors (Lipinski definition) is 2. The molecule has 0 saturated heterocycles. The van der Waals surface area contributed by atoms with Crippen LogP contribution in [0, 0.1) is 5.92 Å². The van der Waals surface area contributed by atoms with Crippen LogP contribution < -0.4 is 10.1 Å². The van der Waals surface area contributed by atoms with E-state index in [-0.39, 0.29) is 0 Å². The lowest BCUT2D eigenvalue weighted by atomic mass is 10.1. The first-order valence-corrected chi connectivity index (χ1v) is 6.64. The molecule has 0 radical (unpaired) electrons. The van der Waals surface area contributed by atoms with Gasteiger partial charge in [-0.2, -0.15) is 0 Å². The SMILES string of the molecule is CCOc1cccc(CNCCCC(C)C)c1. The Bertz CT molecular complexity index is 310. The summed E-state index contributed by atoms with van der Waals surface area (Å²) in [5, 5.41) is 3.47. The van der Waals surface area contributed by atoms with Crippen LogP contribution >= 0.6 is 0 Å². The van der Waals surface area contributed by atoms with E-state index in [4.69, 9.17) is 4.74 Å². The zero-order valence-corrected chi connectivity index (χ0v) is 11.3. The predicted octanol–water partition coefficient (Wildman–Crippen LogP) is 3.61. The van der Waals surface area contributed by atoms with E-state index in [2.05, 4.69) is 37.4 Å². The molecule has 1 aromatic carbocycles. The quantitative estimate of drug-likeness (QED) is 0.695. The van der Waals surface area contributed by atoms with E-state index in [1.54, 1.807) is 0 Å². The molecule has 17 heavy (non-hydrogen) atoms. The molecule has 1 aromatic rings. The molecule has 2 nitrogen and oxygen atoms in total. The van der Waals surface area contributed by atoms with Crippen molar-refractivity contribution in [1.29, 1.82) is 0 Å². The van der Waals surface area contributed by atoms with Crippen molar-refractivity contribution in [2.75, 3.05) is 13.2 Å². The summed E-state index contributed by atoms with van der Waals surface area (Å²) in [6.07, 6.45) is 2.55. The molecule has 96 valence electrons. The Balaban J connectivity index is 2.24. The predicted molar refractivity (Wildman–Crippen MR) is 73.4 cm³/mol. The second-order valence-electron chi connectivity index (χ2n) is 4.79. The molecule has 2 heteroatoms. The molecular formula is C15H25NO. The number of hydrogen-bond donors (Lipinski definition) is 1. The van der Waals surface area contributed by atoms with Gasteiger partial charge in [-0.25, -0.2) is 0 Å². The average molecular weight is 235 g/mol. The zero-order valence-electron chi connectivity index (χ0n) is 11.3. The van der Waals surface area contributed by atoms with Gasteiger partial charge in [0.15, 0.2) is 0 Å². The summed E-state index contributed by atoms with van der Waals surface area (Å²) in [5.74, 6) is 1.77. The van der Waals surface area contributed by atoms with Gasteiger partial charge in [-0.15, -0.1) is 0 Å². The van der Waals surface area contributed by atoms with Crippen LogP contribution in [0.25, 0.3) is 0 Å². The van der Waals surface area contributed by atoms with Crippen LogP contribution in [0.2, 0.25) is 0 Å². The van der Waals surface area contributed by atoms with Crippen LogP contribution in [0.15, 0.2) is 24.3 Å². The topological polar surface area (TPSA) is 21.3 Å². The Morgan fingerprint density at radius 3 is 2.82 bits per heavy atom. The Kier molecular flexibility index (Phi) is 6.71. The lowest BCUT2D eigenvalue weighted by Crippen LogP contribution is -2.15. The standard InChI is InChI=1S/C15H25NO/c1-4-17-15-9-5-8-14(11-15)12-16-10-6-7-13(2)3/h5,8-9,11,13,16H,4,6-7,10,12H2,1-3H3. The van der Waals surface area contributed by atoms with Crippen molar-refractivity contribution in [3.05, 3.63) is 29.8 Å². The van der Waals surface area contributed by atoms with Crippen LogP contribution in [0.1, 0.15) is 39.2 Å². The van der Waals surface area contributed by atoms with E-state index in [0.29, 0.717) is 0 Å². The Labute approximate surface area is 105 Å². The Morgan fingerprint density at radius 1 is 1.29 bits per heavy atom. The second kappa shape index (κ2) is 8.13. The molecule has 0 aromatic heterocycles. The van der Waals surface area contributed by atoms with E-state index in [0.717, 1.165) is 31.4 Å². The second-order valence-corrected chi connectivity index (χ2v) is 4.79. The highest BCUT2D eigenvalue weighted by Gasteiger charge is 1.97. The number of nitrogens with one attached hydrogen (secondary N) is 1. The molecule has 0 atom stereocenters. The molecule has 1 N–H and O–H groups in total. The molecule has 0 amide bonds. The van der Waals surface area contributed by atoms with Crippen molar-refractivity contribution < 1.29 is 4.74 Å². The van der Waals surface area contributed by atoms with Gasteiger partial charge in [-0.1, -0.05) is 26.0 Å². The molecule has 1 rings (SSSR count). The first kappa shape index (κ1) is 14.0. The first-order valence-electron chi connectivity index (χ1n) is 6.64. The van der Waals surface area contributed by atoms with Gasteiger partial charge in [-0.05, 0) is 49.9 Å². The average Bonchev–Trinajstić information content (AvgIpc) is 2.29. The van der Waals surface area contributed by atoms with Crippen molar-refractivity contribution in [2.24, 2.45) is 5.92 Å². The highest BCUT2D eigenvalue weighted by Crippen LogP contribution is 2.13. The van der Waals surface area contributed by atoms with E-state index < -0.39 is 0 Å². The molecule has 0 aliphatic heterocycles. The minimum atomic E-state index is 0.727. The lowest BCUT2D eigenvalue weighted by Gasteiger charge is -2.08. The Hall–Kier alpha value is -1.02. The molecule has 0 aliphatic rings. The van der Waals surface area contributed by atoms with Crippen LogP contribution in [0.5, 0.6) is 5.75 Å². The normalized spacial score (nSPS) is 10.8. The van der Waals surface area contributed by atoms with Gasteiger partial charge >= 0.3 is 0 Å². The van der Waals surface area contributed by atoms with Crippen LogP contribution in [0.3, 0.4) is 0 Å². The van der Waals surface area contributed by atoms with E-state index in [1.165, 1.54) is 18.4 Å². The summed E-state index contributed by atoms with van der Waals surface area (Å²) in [5.41, 5.74) is 1.29. The Morgan fingerprint density at radius 2 is 2.12 bits per heavy atom. The fourth-order valence-corrected chi connectivity index (χ4v) is 1.78. The summed E-state index contributed by atoms with van der Waals surface area (Å²) in [6.45, 7) is 9.30. The lowest BCUT2D eigenvalue weighted by molar-refractivity contribution is 0.340. The zero-order chi connectivity index (χ0) is 12.5. The van der Waals surface area contributed by atoms with Gasteiger partial charge in [-0.3, -0.25) is 0 Å². The molecule has 0 heterocycles. The molecule has 0 saturated carbocycles. The van der Waals surface area contributed by atoms with E-state index in [9.17, 15) is 0 Å². The van der Waals surface area contributed by atoms with E-state index >= 15 is 0 Å². The summed E-state index contributed by atoms with van der Waals surface area (Å²) in [7, 11) is 0. The minimum Gasteiger partial charge on any atom is -0.494 e. The fourth-order valence-electron chi connectivity index (χ4n) is 1.78. The van der Waals surface area contributed by atoms with Crippen molar-refractivity contribution in [3.8, 4) is 5.75 Å². The highest BCUT2D eigenvalue weighted by molar-refractivity contribution is 5.28. The van der Waals surface area contributed by atoms with Crippen LogP contribution in [-0.2, 0) is 6.54 Å². The first-order chi connectivity index (χ1) is 8.22. The van der Waals surface area contributed by atoms with Gasteiger partial charge in [0.1, 0.15) is 5.75 Å². The minimum absolute atomic E-state index is 0.727. The number of rotatable bonds is 8. The molecule has 0 bridgehead atoms. The maximum Gasteiger partial charge on any atom is 0.119 e. The van der Waals surface area contributed by atoms with Crippen molar-refractivity contribution in [1.82, 2.24) is 5.32 Å². The molecule has 0 fully saturated rings. The van der Waals surface area contributed by atoms with Crippen molar-refractivity contribution in [3.63, 3.8) is 0 Å². The number of benzene rings is 1. The van der Waals surface area contributed by atoms with Gasteiger partial charge in [0.2, 0.25) is 0 Å². The van der Waals surface area contributed by atoms with Gasteiger partial charge < -0.3 is 10.1 Å². The van der Waals surface area contributed by atoms with Gasteiger partial charge in [0, 0.05) is 6.54 Å². The molecule has 0 aliphatic carbocycles. The van der Waals surface area contributed by atoms with Crippen molar-refractivity contribution >= 4 is 0 Å². The summed E-state index contributed by atoms with van der Waals surface area (Å²) in [6, 6.07) is 8.30. The third kappa shape index (κ3) is 6.32. The van der Waals surface area contributed by atoms with Crippen LogP contribution in [0.4, 0.5) is 0 Å². The molecular weight excluding hydrogens is 210 g/mol. The molecule has 0 spiro atoms. The summed E-state index contributed by atoms with van der Waals surface area (Å²) in [4.78, 5) is 0. The summed E-state index contributed by atoms with van der Waals surface area (Å²) < 4.78 is 5.48. The van der Waals surface area contributed by atoms with Crippen molar-refractivity contribution in [2.45, 2.75) is 40.2 Å².